The van der Waals surface area contributed by atoms with Crippen molar-refractivity contribution in [2.24, 2.45) is 0 Å². The summed E-state index contributed by atoms with van der Waals surface area (Å²) in [4.78, 5) is 18.3. The number of halogens is 1. The number of pyridine rings is 1. The monoisotopic (exact) mass is 487 g/mol. The second-order valence-electron chi connectivity index (χ2n) is 9.20. The summed E-state index contributed by atoms with van der Waals surface area (Å²) in [7, 11) is 0. The summed E-state index contributed by atoms with van der Waals surface area (Å²) >= 11 is 0. The predicted molar refractivity (Wildman–Crippen MR) is 139 cm³/mol. The second-order valence-corrected chi connectivity index (χ2v) is 9.20. The van der Waals surface area contributed by atoms with Crippen LogP contribution in [0, 0.1) is 5.95 Å². The highest BCUT2D eigenvalue weighted by Gasteiger charge is 2.18. The number of rotatable bonds is 9. The Morgan fingerprint density at radius 2 is 1.83 bits per heavy atom. The first-order valence-electron chi connectivity index (χ1n) is 12.5. The number of hydrogen-bond donors (Lipinski definition) is 1. The normalized spacial score (nSPS) is 14.8. The molecular weight excluding hydrogens is 457 g/mol. The number of benzene rings is 2. The van der Waals surface area contributed by atoms with E-state index in [1.54, 1.807) is 12.1 Å². The molecule has 2 aromatic heterocycles. The number of aromatic nitrogens is 1. The molecule has 1 aliphatic rings. The summed E-state index contributed by atoms with van der Waals surface area (Å²) in [5.74, 6) is -0.0241. The SMILES string of the molecule is O=c1cc(OCCCNC2CCN(Cc3ccccc3)CC2)c2ccc(-c3ccc(F)nc3)cc2o1. The van der Waals surface area contributed by atoms with Gasteiger partial charge in [-0.1, -0.05) is 36.4 Å². The van der Waals surface area contributed by atoms with E-state index < -0.39 is 11.6 Å². The molecule has 1 aliphatic heterocycles. The maximum Gasteiger partial charge on any atom is 0.339 e. The largest absolute Gasteiger partial charge is 0.492 e. The van der Waals surface area contributed by atoms with Crippen molar-refractivity contribution in [2.75, 3.05) is 26.2 Å². The van der Waals surface area contributed by atoms with Gasteiger partial charge >= 0.3 is 5.63 Å². The highest BCUT2D eigenvalue weighted by atomic mass is 19.1. The van der Waals surface area contributed by atoms with E-state index in [9.17, 15) is 9.18 Å². The van der Waals surface area contributed by atoms with Gasteiger partial charge in [0, 0.05) is 24.3 Å². The highest BCUT2D eigenvalue weighted by molar-refractivity contribution is 5.87. The van der Waals surface area contributed by atoms with Crippen LogP contribution in [0.25, 0.3) is 22.1 Å². The summed E-state index contributed by atoms with van der Waals surface area (Å²) < 4.78 is 24.5. The van der Waals surface area contributed by atoms with Crippen molar-refractivity contribution in [3.63, 3.8) is 0 Å². The van der Waals surface area contributed by atoms with Crippen LogP contribution in [-0.4, -0.2) is 42.2 Å². The van der Waals surface area contributed by atoms with Gasteiger partial charge in [0.25, 0.3) is 0 Å². The molecule has 0 spiro atoms. The fourth-order valence-electron chi connectivity index (χ4n) is 4.68. The molecule has 5 rings (SSSR count). The smallest absolute Gasteiger partial charge is 0.339 e. The zero-order valence-corrected chi connectivity index (χ0v) is 20.2. The minimum absolute atomic E-state index is 0.430. The molecule has 7 heteroatoms. The number of piperidine rings is 1. The third-order valence-corrected chi connectivity index (χ3v) is 6.62. The van der Waals surface area contributed by atoms with Crippen LogP contribution in [0.5, 0.6) is 5.75 Å². The Hall–Kier alpha value is -3.55. The summed E-state index contributed by atoms with van der Waals surface area (Å²) in [6, 6.07) is 21.0. The molecule has 3 heterocycles. The van der Waals surface area contributed by atoms with Gasteiger partial charge in [-0.3, -0.25) is 4.90 Å². The van der Waals surface area contributed by atoms with Gasteiger partial charge in [-0.2, -0.15) is 4.39 Å². The lowest BCUT2D eigenvalue weighted by Crippen LogP contribution is -2.42. The quantitative estimate of drug-likeness (QED) is 0.203. The zero-order chi connectivity index (χ0) is 24.7. The topological polar surface area (TPSA) is 67.6 Å². The van der Waals surface area contributed by atoms with Gasteiger partial charge in [0.1, 0.15) is 11.3 Å². The molecule has 1 saturated heterocycles. The van der Waals surface area contributed by atoms with Crippen LogP contribution in [0.4, 0.5) is 4.39 Å². The average Bonchev–Trinajstić information content (AvgIpc) is 2.90. The van der Waals surface area contributed by atoms with E-state index in [1.807, 2.05) is 12.1 Å². The van der Waals surface area contributed by atoms with E-state index in [1.165, 1.54) is 23.9 Å². The molecule has 1 N–H and O–H groups in total. The van der Waals surface area contributed by atoms with Crippen LogP contribution in [0.15, 0.2) is 82.1 Å². The number of fused-ring (bicyclic) bond motifs is 1. The molecule has 186 valence electrons. The summed E-state index contributed by atoms with van der Waals surface area (Å²) in [5.41, 5.74) is 2.86. The van der Waals surface area contributed by atoms with E-state index in [2.05, 4.69) is 45.5 Å². The van der Waals surface area contributed by atoms with Crippen LogP contribution in [-0.2, 0) is 6.54 Å². The van der Waals surface area contributed by atoms with Crippen LogP contribution in [0.3, 0.4) is 0 Å². The molecule has 0 bridgehead atoms. The lowest BCUT2D eigenvalue weighted by molar-refractivity contribution is 0.189. The molecule has 0 unspecified atom stereocenters. The van der Waals surface area contributed by atoms with Gasteiger partial charge in [-0.25, -0.2) is 9.78 Å². The Morgan fingerprint density at radius 1 is 1.03 bits per heavy atom. The summed E-state index contributed by atoms with van der Waals surface area (Å²) in [6.45, 7) is 4.59. The molecule has 0 atom stereocenters. The van der Waals surface area contributed by atoms with Crippen LogP contribution in [0.2, 0.25) is 0 Å². The van der Waals surface area contributed by atoms with Gasteiger partial charge in [0.05, 0.1) is 18.1 Å². The van der Waals surface area contributed by atoms with Gasteiger partial charge < -0.3 is 14.5 Å². The zero-order valence-electron chi connectivity index (χ0n) is 20.2. The third kappa shape index (κ3) is 6.17. The van der Waals surface area contributed by atoms with E-state index >= 15 is 0 Å². The first kappa shape index (κ1) is 24.2. The summed E-state index contributed by atoms with van der Waals surface area (Å²) in [6.07, 6.45) is 4.58. The van der Waals surface area contributed by atoms with E-state index in [4.69, 9.17) is 9.15 Å². The van der Waals surface area contributed by atoms with Crippen LogP contribution >= 0.6 is 0 Å². The predicted octanol–water partition coefficient (Wildman–Crippen LogP) is 5.02. The second kappa shape index (κ2) is 11.5. The first-order valence-corrected chi connectivity index (χ1v) is 12.5. The number of hydrogen-bond acceptors (Lipinski definition) is 6. The molecule has 36 heavy (non-hydrogen) atoms. The number of likely N-dealkylation sites (tertiary alicyclic amines) is 1. The van der Waals surface area contributed by atoms with Gasteiger partial charge in [-0.05, 0) is 74.3 Å². The van der Waals surface area contributed by atoms with Crippen molar-refractivity contribution in [1.29, 1.82) is 0 Å². The maximum absolute atomic E-state index is 13.1. The first-order chi connectivity index (χ1) is 17.6. The van der Waals surface area contributed by atoms with Crippen molar-refractivity contribution in [3.05, 3.63) is 94.9 Å². The molecule has 0 radical (unpaired) electrons. The van der Waals surface area contributed by atoms with E-state index in [0.717, 1.165) is 62.0 Å². The van der Waals surface area contributed by atoms with Crippen LogP contribution < -0.4 is 15.7 Å². The molecule has 4 aromatic rings. The van der Waals surface area contributed by atoms with Crippen molar-refractivity contribution in [1.82, 2.24) is 15.2 Å². The fourth-order valence-corrected chi connectivity index (χ4v) is 4.68. The van der Waals surface area contributed by atoms with Crippen molar-refractivity contribution in [2.45, 2.75) is 31.8 Å². The minimum atomic E-state index is -0.537. The Labute approximate surface area is 209 Å². The molecule has 1 fully saturated rings. The Bertz CT molecular complexity index is 1330. The Balaban J connectivity index is 1.10. The third-order valence-electron chi connectivity index (χ3n) is 6.62. The number of ether oxygens (including phenoxy) is 1. The molecule has 0 saturated carbocycles. The van der Waals surface area contributed by atoms with Gasteiger partial charge in [0.2, 0.25) is 5.95 Å². The number of nitrogens with one attached hydrogen (secondary N) is 1. The number of nitrogens with zero attached hydrogens (tertiary/aromatic N) is 2. The summed E-state index contributed by atoms with van der Waals surface area (Å²) in [5, 5.41) is 4.38. The van der Waals surface area contributed by atoms with E-state index in [0.29, 0.717) is 24.0 Å². The lowest BCUT2D eigenvalue weighted by Gasteiger charge is -2.32. The Morgan fingerprint density at radius 3 is 2.61 bits per heavy atom. The van der Waals surface area contributed by atoms with E-state index in [-0.39, 0.29) is 0 Å². The molecule has 0 amide bonds. The highest BCUT2D eigenvalue weighted by Crippen LogP contribution is 2.29. The molecule has 6 nitrogen and oxygen atoms in total. The fraction of sp³-hybridized carbons (Fsp3) is 0.310. The maximum atomic E-state index is 13.1. The lowest BCUT2D eigenvalue weighted by atomic mass is 10.0. The van der Waals surface area contributed by atoms with Gasteiger partial charge in [0.15, 0.2) is 0 Å². The van der Waals surface area contributed by atoms with Crippen LogP contribution in [0.1, 0.15) is 24.8 Å². The minimum Gasteiger partial charge on any atom is -0.492 e. The van der Waals surface area contributed by atoms with Gasteiger partial charge in [-0.15, -0.1) is 0 Å². The molecule has 2 aromatic carbocycles. The average molecular weight is 488 g/mol. The Kier molecular flexibility index (Phi) is 7.69. The standard InChI is InChI=1S/C29H30FN3O3/c30-28-10-8-23(19-32-28)22-7-9-25-26(18-29(34)36-27(25)17-22)35-16-4-13-31-24-11-14-33(15-12-24)20-21-5-2-1-3-6-21/h1-3,5-10,17-19,24,31H,4,11-16,20H2. The molecule has 0 aliphatic carbocycles. The van der Waals surface area contributed by atoms with Crippen molar-refractivity contribution in [3.8, 4) is 16.9 Å². The van der Waals surface area contributed by atoms with Crippen molar-refractivity contribution >= 4 is 11.0 Å². The molecular formula is C29H30FN3O3. The van der Waals surface area contributed by atoms with Crippen molar-refractivity contribution < 1.29 is 13.5 Å².